The summed E-state index contributed by atoms with van der Waals surface area (Å²) in [5.41, 5.74) is 0. The maximum Gasteiger partial charge on any atom is 0.573 e. The van der Waals surface area contributed by atoms with Crippen molar-refractivity contribution in [2.24, 2.45) is 0 Å². The van der Waals surface area contributed by atoms with Crippen molar-refractivity contribution in [3.63, 3.8) is 0 Å². The zero-order chi connectivity index (χ0) is 18.0. The summed E-state index contributed by atoms with van der Waals surface area (Å²) in [7, 11) is -3.96. The molecule has 24 heavy (non-hydrogen) atoms. The van der Waals surface area contributed by atoms with Gasteiger partial charge in [0.25, 0.3) is 0 Å². The number of amides is 1. The number of hydrogen-bond acceptors (Lipinski definition) is 4. The van der Waals surface area contributed by atoms with Crippen molar-refractivity contribution >= 4 is 15.9 Å². The smallest absolute Gasteiger partial charge is 0.406 e. The largest absolute Gasteiger partial charge is 0.573 e. The molecule has 0 aromatic heterocycles. The number of alkyl halides is 3. The number of benzene rings is 1. The molecule has 1 saturated heterocycles. The van der Waals surface area contributed by atoms with Gasteiger partial charge in [-0.1, -0.05) is 6.07 Å². The Morgan fingerprint density at radius 1 is 1.17 bits per heavy atom. The van der Waals surface area contributed by atoms with Crippen LogP contribution in [0.5, 0.6) is 5.75 Å². The van der Waals surface area contributed by atoms with Crippen LogP contribution >= 0.6 is 0 Å². The Morgan fingerprint density at radius 2 is 1.88 bits per heavy atom. The lowest BCUT2D eigenvalue weighted by Crippen LogP contribution is -2.36. The Bertz CT molecular complexity index is 706. The maximum absolute atomic E-state index is 12.6. The molecule has 0 atom stereocenters. The molecule has 134 valence electrons. The number of carbonyl (C=O) groups is 1. The van der Waals surface area contributed by atoms with E-state index in [0.29, 0.717) is 13.0 Å². The van der Waals surface area contributed by atoms with Gasteiger partial charge in [-0.05, 0) is 18.6 Å². The summed E-state index contributed by atoms with van der Waals surface area (Å²) in [5, 5.41) is 0. The van der Waals surface area contributed by atoms with Crippen LogP contribution in [0.15, 0.2) is 29.2 Å². The average molecular weight is 366 g/mol. The SMILES string of the molecule is CC(=O)N1CCCN(S(=O)(=O)c2cccc(OC(F)(F)F)c2)CC1. The topological polar surface area (TPSA) is 66.9 Å². The van der Waals surface area contributed by atoms with Crippen LogP contribution in [-0.4, -0.2) is 56.1 Å². The molecule has 0 spiro atoms. The Kier molecular flexibility index (Phi) is 5.38. The summed E-state index contributed by atoms with van der Waals surface area (Å²) < 4.78 is 67.0. The van der Waals surface area contributed by atoms with Crippen molar-refractivity contribution < 1.29 is 31.1 Å². The first-order chi connectivity index (χ1) is 11.1. The summed E-state index contributed by atoms with van der Waals surface area (Å²) >= 11 is 0. The van der Waals surface area contributed by atoms with E-state index in [9.17, 15) is 26.4 Å². The molecule has 0 bridgehead atoms. The lowest BCUT2D eigenvalue weighted by Gasteiger charge is -2.21. The molecule has 2 rings (SSSR count). The van der Waals surface area contributed by atoms with Crippen LogP contribution in [0.3, 0.4) is 0 Å². The molecule has 10 heteroatoms. The minimum atomic E-state index is -4.90. The lowest BCUT2D eigenvalue weighted by molar-refractivity contribution is -0.274. The van der Waals surface area contributed by atoms with E-state index >= 15 is 0 Å². The zero-order valence-electron chi connectivity index (χ0n) is 12.9. The monoisotopic (exact) mass is 366 g/mol. The highest BCUT2D eigenvalue weighted by atomic mass is 32.2. The molecule has 1 aliphatic heterocycles. The highest BCUT2D eigenvalue weighted by molar-refractivity contribution is 7.89. The molecule has 0 aliphatic carbocycles. The maximum atomic E-state index is 12.6. The van der Waals surface area contributed by atoms with E-state index in [0.717, 1.165) is 12.1 Å². The average Bonchev–Trinajstić information content (AvgIpc) is 2.72. The van der Waals surface area contributed by atoms with Crippen LogP contribution in [-0.2, 0) is 14.8 Å². The van der Waals surface area contributed by atoms with Crippen molar-refractivity contribution in [1.29, 1.82) is 0 Å². The number of carbonyl (C=O) groups excluding carboxylic acids is 1. The summed E-state index contributed by atoms with van der Waals surface area (Å²) in [4.78, 5) is 12.7. The quantitative estimate of drug-likeness (QED) is 0.819. The van der Waals surface area contributed by atoms with Gasteiger partial charge in [0.1, 0.15) is 5.75 Å². The van der Waals surface area contributed by atoms with Gasteiger partial charge in [-0.15, -0.1) is 13.2 Å². The van der Waals surface area contributed by atoms with Crippen LogP contribution in [0.2, 0.25) is 0 Å². The molecule has 1 fully saturated rings. The minimum absolute atomic E-state index is 0.0896. The standard InChI is InChI=1S/C14H17F3N2O4S/c1-11(20)18-6-3-7-19(9-8-18)24(21,22)13-5-2-4-12(10-13)23-14(15,16)17/h2,4-5,10H,3,6-9H2,1H3. The van der Waals surface area contributed by atoms with Gasteiger partial charge in [0.15, 0.2) is 0 Å². The Labute approximate surface area is 137 Å². The lowest BCUT2D eigenvalue weighted by atomic mass is 10.3. The van der Waals surface area contributed by atoms with Crippen LogP contribution in [0.1, 0.15) is 13.3 Å². The summed E-state index contributed by atoms with van der Waals surface area (Å²) in [5.74, 6) is -0.737. The number of nitrogens with zero attached hydrogens (tertiary/aromatic N) is 2. The summed E-state index contributed by atoms with van der Waals surface area (Å²) in [6.45, 7) is 2.37. The van der Waals surface area contributed by atoms with Gasteiger partial charge >= 0.3 is 6.36 Å². The van der Waals surface area contributed by atoms with E-state index in [1.807, 2.05) is 0 Å². The van der Waals surface area contributed by atoms with Crippen LogP contribution in [0, 0.1) is 0 Å². The van der Waals surface area contributed by atoms with Gasteiger partial charge in [0.05, 0.1) is 4.90 Å². The third-order valence-corrected chi connectivity index (χ3v) is 5.47. The third-order valence-electron chi connectivity index (χ3n) is 3.58. The normalized spacial score (nSPS) is 17.4. The van der Waals surface area contributed by atoms with Gasteiger partial charge in [-0.3, -0.25) is 4.79 Å². The minimum Gasteiger partial charge on any atom is -0.406 e. The Balaban J connectivity index is 2.21. The van der Waals surface area contributed by atoms with E-state index in [1.54, 1.807) is 4.90 Å². The molecular weight excluding hydrogens is 349 g/mol. The van der Waals surface area contributed by atoms with Crippen LogP contribution in [0.25, 0.3) is 0 Å². The van der Waals surface area contributed by atoms with Gasteiger partial charge in [-0.2, -0.15) is 4.31 Å². The highest BCUT2D eigenvalue weighted by Crippen LogP contribution is 2.26. The number of sulfonamides is 1. The van der Waals surface area contributed by atoms with Gasteiger partial charge in [-0.25, -0.2) is 8.42 Å². The van der Waals surface area contributed by atoms with Gasteiger partial charge < -0.3 is 9.64 Å². The predicted molar refractivity (Wildman–Crippen MR) is 78.8 cm³/mol. The fourth-order valence-electron chi connectivity index (χ4n) is 2.43. The van der Waals surface area contributed by atoms with Gasteiger partial charge in [0, 0.05) is 39.2 Å². The van der Waals surface area contributed by atoms with Crippen molar-refractivity contribution in [2.45, 2.75) is 24.6 Å². The number of hydrogen-bond donors (Lipinski definition) is 0. The van der Waals surface area contributed by atoms with Crippen molar-refractivity contribution in [1.82, 2.24) is 9.21 Å². The highest BCUT2D eigenvalue weighted by Gasteiger charge is 2.32. The first-order valence-electron chi connectivity index (χ1n) is 7.21. The molecular formula is C14H17F3N2O4S. The van der Waals surface area contributed by atoms with Crippen molar-refractivity contribution in [3.8, 4) is 5.75 Å². The first kappa shape index (κ1) is 18.5. The fourth-order valence-corrected chi connectivity index (χ4v) is 3.94. The summed E-state index contributed by atoms with van der Waals surface area (Å²) in [6, 6.07) is 4.28. The van der Waals surface area contributed by atoms with Crippen LogP contribution in [0.4, 0.5) is 13.2 Å². The summed E-state index contributed by atoms with van der Waals surface area (Å²) in [6.07, 6.45) is -4.44. The number of rotatable bonds is 3. The number of halogens is 3. The molecule has 6 nitrogen and oxygen atoms in total. The van der Waals surface area contributed by atoms with E-state index in [4.69, 9.17) is 0 Å². The van der Waals surface area contributed by atoms with Crippen molar-refractivity contribution in [2.75, 3.05) is 26.2 Å². The van der Waals surface area contributed by atoms with Crippen LogP contribution < -0.4 is 4.74 Å². The zero-order valence-corrected chi connectivity index (χ0v) is 13.7. The second-order valence-electron chi connectivity index (χ2n) is 5.29. The van der Waals surface area contributed by atoms with E-state index in [2.05, 4.69) is 4.74 Å². The molecule has 1 aromatic rings. The third kappa shape index (κ3) is 4.60. The fraction of sp³-hybridized carbons (Fsp3) is 0.500. The molecule has 0 radical (unpaired) electrons. The molecule has 1 aliphatic rings. The molecule has 0 N–H and O–H groups in total. The first-order valence-corrected chi connectivity index (χ1v) is 8.65. The van der Waals surface area contributed by atoms with Crippen molar-refractivity contribution in [3.05, 3.63) is 24.3 Å². The molecule has 1 aromatic carbocycles. The molecule has 1 amide bonds. The van der Waals surface area contributed by atoms with E-state index < -0.39 is 22.1 Å². The second kappa shape index (κ2) is 6.98. The van der Waals surface area contributed by atoms with Gasteiger partial charge in [0.2, 0.25) is 15.9 Å². The molecule has 1 heterocycles. The predicted octanol–water partition coefficient (Wildman–Crippen LogP) is 1.83. The Morgan fingerprint density at radius 3 is 2.50 bits per heavy atom. The molecule has 0 saturated carbocycles. The molecule has 0 unspecified atom stereocenters. The van der Waals surface area contributed by atoms with E-state index in [-0.39, 0.29) is 30.4 Å². The second-order valence-corrected chi connectivity index (χ2v) is 7.22. The number of ether oxygens (including phenoxy) is 1. The van der Waals surface area contributed by atoms with E-state index in [1.165, 1.54) is 23.4 Å². The Hall–Kier alpha value is -1.81.